The molecule has 1 N–H and O–H groups in total. The van der Waals surface area contributed by atoms with Gasteiger partial charge in [-0.1, -0.05) is 0 Å². The second kappa shape index (κ2) is 7.05. The molecule has 2 aromatic rings. The molecule has 8 heteroatoms. The molecule has 148 valence electrons. The van der Waals surface area contributed by atoms with E-state index in [0.29, 0.717) is 32.0 Å². The zero-order chi connectivity index (χ0) is 19.2. The van der Waals surface area contributed by atoms with Crippen LogP contribution in [-0.4, -0.2) is 40.0 Å². The van der Waals surface area contributed by atoms with Crippen molar-refractivity contribution in [3.8, 4) is 0 Å². The van der Waals surface area contributed by atoms with E-state index in [4.69, 9.17) is 9.84 Å². The Balaban J connectivity index is 1.58. The summed E-state index contributed by atoms with van der Waals surface area (Å²) >= 11 is 0. The third kappa shape index (κ3) is 3.82. The number of ether oxygens (including phenoxy) is 1. The Bertz CT molecular complexity index is 803. The highest BCUT2D eigenvalue weighted by atomic mass is 19.4. The lowest BCUT2D eigenvalue weighted by atomic mass is 9.80. The maximum atomic E-state index is 12.9. The van der Waals surface area contributed by atoms with Crippen LogP contribution in [0.1, 0.15) is 61.7 Å². The van der Waals surface area contributed by atoms with Gasteiger partial charge < -0.3 is 10.1 Å². The lowest BCUT2D eigenvalue weighted by Crippen LogP contribution is -2.41. The first kappa shape index (κ1) is 18.7. The fourth-order valence-electron chi connectivity index (χ4n) is 4.17. The van der Waals surface area contributed by atoms with Gasteiger partial charge in [0.05, 0.1) is 23.9 Å². The quantitative estimate of drug-likeness (QED) is 0.855. The lowest BCUT2D eigenvalue weighted by molar-refractivity contribution is -0.182. The molecule has 2 fully saturated rings. The predicted molar refractivity (Wildman–Crippen MR) is 94.6 cm³/mol. The van der Waals surface area contributed by atoms with Gasteiger partial charge in [-0.3, -0.25) is 0 Å². The molecule has 3 heterocycles. The van der Waals surface area contributed by atoms with Gasteiger partial charge in [0.15, 0.2) is 5.65 Å². The number of hydrogen-bond acceptors (Lipinski definition) is 4. The van der Waals surface area contributed by atoms with Crippen LogP contribution >= 0.6 is 0 Å². The number of fused-ring (bicyclic) bond motifs is 1. The fraction of sp³-hybridized carbons (Fsp3) is 0.684. The summed E-state index contributed by atoms with van der Waals surface area (Å²) in [5.74, 6) is -1.12. The lowest BCUT2D eigenvalue weighted by Gasteiger charge is -2.29. The van der Waals surface area contributed by atoms with Gasteiger partial charge in [0.2, 0.25) is 0 Å². The Morgan fingerprint density at radius 3 is 2.56 bits per heavy atom. The van der Waals surface area contributed by atoms with E-state index in [0.717, 1.165) is 22.7 Å². The van der Waals surface area contributed by atoms with Crippen molar-refractivity contribution in [3.63, 3.8) is 0 Å². The van der Waals surface area contributed by atoms with Crippen LogP contribution in [0.2, 0.25) is 0 Å². The van der Waals surface area contributed by atoms with Gasteiger partial charge in [-0.25, -0.2) is 9.50 Å². The number of nitrogens with one attached hydrogen (secondary N) is 1. The monoisotopic (exact) mass is 382 g/mol. The van der Waals surface area contributed by atoms with E-state index < -0.39 is 12.1 Å². The number of aromatic nitrogens is 3. The highest BCUT2D eigenvalue weighted by molar-refractivity contribution is 5.43. The fourth-order valence-corrected chi connectivity index (χ4v) is 4.17. The number of aryl methyl sites for hydroxylation is 1. The summed E-state index contributed by atoms with van der Waals surface area (Å²) in [4.78, 5) is 4.56. The minimum absolute atomic E-state index is 0.0591. The molecule has 1 aliphatic heterocycles. The number of rotatable bonds is 2. The third-order valence-corrected chi connectivity index (χ3v) is 5.74. The summed E-state index contributed by atoms with van der Waals surface area (Å²) in [7, 11) is 0. The molecule has 5 nitrogen and oxygen atoms in total. The van der Waals surface area contributed by atoms with Crippen LogP contribution in [0.25, 0.3) is 5.65 Å². The van der Waals surface area contributed by atoms with E-state index in [1.54, 1.807) is 4.52 Å². The highest BCUT2D eigenvalue weighted by Crippen LogP contribution is 2.42. The molecule has 0 aromatic carbocycles. The zero-order valence-corrected chi connectivity index (χ0v) is 15.6. The van der Waals surface area contributed by atoms with E-state index in [2.05, 4.69) is 17.2 Å². The molecule has 2 atom stereocenters. The summed E-state index contributed by atoms with van der Waals surface area (Å²) in [6.45, 7) is 5.34. The van der Waals surface area contributed by atoms with Gasteiger partial charge in [0.1, 0.15) is 6.10 Å². The zero-order valence-electron chi connectivity index (χ0n) is 15.6. The van der Waals surface area contributed by atoms with Crippen molar-refractivity contribution in [2.75, 3.05) is 13.2 Å². The first-order valence-electron chi connectivity index (χ1n) is 9.60. The number of nitrogens with zero attached hydrogens (tertiary/aromatic N) is 3. The molecule has 1 saturated carbocycles. The normalized spacial score (nSPS) is 30.0. The molecule has 0 unspecified atom stereocenters. The minimum Gasteiger partial charge on any atom is -0.369 e. The molecule has 4 rings (SSSR count). The topological polar surface area (TPSA) is 51.5 Å². The standard InChI is InChI=1S/C19H25F3N4O/c1-11-7-16(17-9-23-12(2)10-27-17)26-18(24-11)8-15(25-26)13-3-5-14(6-4-13)19(20,21)22/h7-8,12-14,17,23H,3-6,9-10H2,1-2H3/t12-,13-,14-,17-/m0/s1. The average Bonchev–Trinajstić information content (AvgIpc) is 3.05. The molecule has 0 spiro atoms. The number of morpholine rings is 1. The number of hydrogen-bond donors (Lipinski definition) is 1. The van der Waals surface area contributed by atoms with Crippen LogP contribution < -0.4 is 5.32 Å². The second-order valence-corrected chi connectivity index (χ2v) is 7.88. The highest BCUT2D eigenvalue weighted by Gasteiger charge is 2.42. The maximum absolute atomic E-state index is 12.9. The van der Waals surface area contributed by atoms with E-state index in [-0.39, 0.29) is 24.9 Å². The molecular formula is C19H25F3N4O. The molecule has 27 heavy (non-hydrogen) atoms. The maximum Gasteiger partial charge on any atom is 0.391 e. The van der Waals surface area contributed by atoms with E-state index in [1.165, 1.54) is 0 Å². The Morgan fingerprint density at radius 2 is 1.93 bits per heavy atom. The SMILES string of the molecule is Cc1cc([C@@H]2CN[C@@H](C)CO2)n2nc([C@H]3CC[C@H](C(F)(F)F)CC3)cc2n1. The molecule has 0 bridgehead atoms. The Kier molecular flexibility index (Phi) is 4.88. The van der Waals surface area contributed by atoms with E-state index >= 15 is 0 Å². The summed E-state index contributed by atoms with van der Waals surface area (Å²) in [5.41, 5.74) is 3.39. The van der Waals surface area contributed by atoms with Crippen LogP contribution in [0, 0.1) is 12.8 Å². The van der Waals surface area contributed by atoms with Crippen LogP contribution in [-0.2, 0) is 4.74 Å². The molecule has 1 saturated heterocycles. The molecule has 1 aliphatic carbocycles. The average molecular weight is 382 g/mol. The molecule has 2 aromatic heterocycles. The molecule has 0 radical (unpaired) electrons. The van der Waals surface area contributed by atoms with E-state index in [9.17, 15) is 13.2 Å². The second-order valence-electron chi connectivity index (χ2n) is 7.88. The minimum atomic E-state index is -4.09. The Morgan fingerprint density at radius 1 is 1.19 bits per heavy atom. The van der Waals surface area contributed by atoms with Crippen LogP contribution in [0.4, 0.5) is 13.2 Å². The van der Waals surface area contributed by atoms with Gasteiger partial charge in [-0.2, -0.15) is 18.3 Å². The van der Waals surface area contributed by atoms with Crippen molar-refractivity contribution >= 4 is 5.65 Å². The van der Waals surface area contributed by atoms with Gasteiger partial charge in [-0.15, -0.1) is 0 Å². The number of alkyl halides is 3. The van der Waals surface area contributed by atoms with Crippen molar-refractivity contribution in [1.29, 1.82) is 0 Å². The van der Waals surface area contributed by atoms with Crippen LogP contribution in [0.15, 0.2) is 12.1 Å². The van der Waals surface area contributed by atoms with Crippen molar-refractivity contribution in [2.45, 2.75) is 63.8 Å². The van der Waals surface area contributed by atoms with Gasteiger partial charge in [0.25, 0.3) is 0 Å². The first-order valence-corrected chi connectivity index (χ1v) is 9.60. The van der Waals surface area contributed by atoms with Gasteiger partial charge in [0, 0.05) is 30.3 Å². The predicted octanol–water partition coefficient (Wildman–Crippen LogP) is 3.92. The van der Waals surface area contributed by atoms with Crippen molar-refractivity contribution in [2.24, 2.45) is 5.92 Å². The number of halogens is 3. The Labute approximate surface area is 156 Å². The largest absolute Gasteiger partial charge is 0.391 e. The van der Waals surface area contributed by atoms with Crippen molar-refractivity contribution in [1.82, 2.24) is 19.9 Å². The molecular weight excluding hydrogens is 357 g/mol. The summed E-state index contributed by atoms with van der Waals surface area (Å²) in [6, 6.07) is 4.22. The third-order valence-electron chi connectivity index (χ3n) is 5.74. The van der Waals surface area contributed by atoms with Gasteiger partial charge in [-0.05, 0) is 45.6 Å². The molecule has 0 amide bonds. The summed E-state index contributed by atoms with van der Waals surface area (Å²) in [5, 5.41) is 8.13. The van der Waals surface area contributed by atoms with Crippen molar-refractivity contribution < 1.29 is 17.9 Å². The summed E-state index contributed by atoms with van der Waals surface area (Å²) in [6.07, 6.45) is -2.82. The van der Waals surface area contributed by atoms with Crippen molar-refractivity contribution in [3.05, 3.63) is 29.2 Å². The van der Waals surface area contributed by atoms with E-state index in [1.807, 2.05) is 19.1 Å². The smallest absolute Gasteiger partial charge is 0.369 e. The van der Waals surface area contributed by atoms with Crippen LogP contribution in [0.5, 0.6) is 0 Å². The summed E-state index contributed by atoms with van der Waals surface area (Å²) < 4.78 is 46.5. The molecule has 2 aliphatic rings. The van der Waals surface area contributed by atoms with Crippen LogP contribution in [0.3, 0.4) is 0 Å². The van der Waals surface area contributed by atoms with Gasteiger partial charge >= 0.3 is 6.18 Å². The first-order chi connectivity index (χ1) is 12.8. The Hall–Kier alpha value is -1.67.